The molecule has 0 aliphatic heterocycles. The highest BCUT2D eigenvalue weighted by molar-refractivity contribution is 7.90. The molecule has 0 aromatic heterocycles. The largest absolute Gasteiger partial charge is 0.598 e. The van der Waals surface area contributed by atoms with E-state index in [2.05, 4.69) is 4.72 Å². The average molecular weight is 428 g/mol. The number of carbonyl (C=O) groups excluding carboxylic acids is 1. The molecule has 0 saturated carbocycles. The number of anilines is 1. The number of rotatable bonds is 7. The number of alkyl halides is 3. The molecule has 6 nitrogen and oxygen atoms in total. The van der Waals surface area contributed by atoms with Gasteiger partial charge in [0.05, 0.1) is 18.2 Å². The van der Waals surface area contributed by atoms with Gasteiger partial charge in [-0.25, -0.2) is 4.39 Å². The van der Waals surface area contributed by atoms with E-state index in [1.165, 1.54) is 6.92 Å². The molecule has 1 unspecified atom stereocenters. The van der Waals surface area contributed by atoms with Crippen LogP contribution in [0.2, 0.25) is 0 Å². The Labute approximate surface area is 163 Å². The Morgan fingerprint density at radius 2 is 1.82 bits per heavy atom. The van der Waals surface area contributed by atoms with Crippen LogP contribution in [-0.4, -0.2) is 44.3 Å². The Balaban J connectivity index is 3.35. The normalized spacial score (nSPS) is 17.0. The molecule has 1 aromatic rings. The van der Waals surface area contributed by atoms with Crippen LogP contribution >= 0.6 is 0 Å². The van der Waals surface area contributed by atoms with Crippen LogP contribution in [0.15, 0.2) is 18.2 Å². The molecule has 1 rings (SSSR count). The first kappa shape index (κ1) is 24.6. The number of hydrogen-bond donors (Lipinski definition) is 4. The van der Waals surface area contributed by atoms with Gasteiger partial charge in [-0.3, -0.25) is 4.79 Å². The second kappa shape index (κ2) is 8.95. The van der Waals surface area contributed by atoms with Crippen molar-refractivity contribution in [3.8, 4) is 0 Å². The first-order valence-corrected chi connectivity index (χ1v) is 9.42. The van der Waals surface area contributed by atoms with Gasteiger partial charge < -0.3 is 20.1 Å². The summed E-state index contributed by atoms with van der Waals surface area (Å²) in [5.74, 6) is -3.08. The minimum absolute atomic E-state index is 0.224. The van der Waals surface area contributed by atoms with E-state index in [0.29, 0.717) is 0 Å². The monoisotopic (exact) mass is 428 g/mol. The third-order valence-corrected chi connectivity index (χ3v) is 5.55. The molecule has 0 radical (unpaired) electrons. The summed E-state index contributed by atoms with van der Waals surface area (Å²) in [7, 11) is 0. The number of benzene rings is 1. The summed E-state index contributed by atoms with van der Waals surface area (Å²) < 4.78 is 66.4. The molecule has 1 aromatic carbocycles. The summed E-state index contributed by atoms with van der Waals surface area (Å²) in [4.78, 5) is 11.1. The number of nitrogens with one attached hydrogen (secondary N) is 2. The van der Waals surface area contributed by atoms with Gasteiger partial charge in [0.15, 0.2) is 0 Å². The Morgan fingerprint density at radius 3 is 2.29 bits per heavy atom. The number of carbonyl (C=O) groups is 1. The predicted octanol–water partition coefficient (Wildman–Crippen LogP) is 2.34. The first-order valence-electron chi connectivity index (χ1n) is 8.27. The van der Waals surface area contributed by atoms with E-state index in [9.17, 15) is 32.0 Å². The number of halogens is 4. The lowest BCUT2D eigenvalue weighted by molar-refractivity contribution is -0.167. The molecule has 0 aliphatic carbocycles. The lowest BCUT2D eigenvalue weighted by Crippen LogP contribution is -2.51. The molecule has 11 heteroatoms. The maximum absolute atomic E-state index is 14.5. The maximum Gasteiger partial charge on any atom is 0.471 e. The van der Waals surface area contributed by atoms with Crippen LogP contribution in [0.5, 0.6) is 0 Å². The van der Waals surface area contributed by atoms with Crippen LogP contribution in [-0.2, 0) is 21.7 Å². The fraction of sp³-hybridized carbons (Fsp3) is 0.588. The van der Waals surface area contributed by atoms with Crippen LogP contribution in [0, 0.1) is 5.82 Å². The Bertz CT molecular complexity index is 697. The molecular weight excluding hydrogens is 404 g/mol. The molecule has 160 valence electrons. The smallest absolute Gasteiger partial charge is 0.471 e. The van der Waals surface area contributed by atoms with Gasteiger partial charge in [-0.15, -0.1) is 4.72 Å². The van der Waals surface area contributed by atoms with E-state index >= 15 is 0 Å². The van der Waals surface area contributed by atoms with Crippen molar-refractivity contribution in [3.05, 3.63) is 29.6 Å². The highest BCUT2D eigenvalue weighted by Gasteiger charge is 2.41. The van der Waals surface area contributed by atoms with E-state index < -0.39 is 52.3 Å². The quantitative estimate of drug-likeness (QED) is 0.394. The lowest BCUT2D eigenvalue weighted by Gasteiger charge is -2.36. The van der Waals surface area contributed by atoms with Gasteiger partial charge in [-0.05, 0) is 45.9 Å². The van der Waals surface area contributed by atoms with Gasteiger partial charge in [0.2, 0.25) is 0 Å². The van der Waals surface area contributed by atoms with Crippen molar-refractivity contribution in [1.29, 1.82) is 0 Å². The zero-order valence-electron chi connectivity index (χ0n) is 15.9. The van der Waals surface area contributed by atoms with Crippen molar-refractivity contribution in [2.24, 2.45) is 0 Å². The van der Waals surface area contributed by atoms with Crippen molar-refractivity contribution in [1.82, 2.24) is 4.72 Å². The van der Waals surface area contributed by atoms with Crippen LogP contribution in [0.1, 0.15) is 39.7 Å². The Morgan fingerprint density at radius 1 is 1.25 bits per heavy atom. The Hall–Kier alpha value is -1.40. The molecule has 28 heavy (non-hydrogen) atoms. The predicted molar refractivity (Wildman–Crippen MR) is 97.2 cm³/mol. The fourth-order valence-corrected chi connectivity index (χ4v) is 3.24. The number of amides is 1. The standard InChI is InChI=1S/C17H24F4N2O4S/c1-15(2,3)28(27)23-16(4,8-11(25)9-24)12-7-10(5-6-13(12)18)22-14(26)17(19,20)21/h5-7,11,23-25H,8-9H2,1-4H3,(H,22,26)/t11?,16-,28+/m0/s1. The summed E-state index contributed by atoms with van der Waals surface area (Å²) in [5, 5.41) is 20.6. The van der Waals surface area contributed by atoms with Gasteiger partial charge in [0.1, 0.15) is 10.6 Å². The zero-order chi connectivity index (χ0) is 21.9. The topological polar surface area (TPSA) is 105 Å². The lowest BCUT2D eigenvalue weighted by atomic mass is 9.86. The van der Waals surface area contributed by atoms with E-state index in [0.717, 1.165) is 18.2 Å². The third kappa shape index (κ3) is 6.59. The average Bonchev–Trinajstić information content (AvgIpc) is 2.54. The molecular formula is C17H24F4N2O4S. The minimum Gasteiger partial charge on any atom is -0.598 e. The highest BCUT2D eigenvalue weighted by Crippen LogP contribution is 2.33. The fourth-order valence-electron chi connectivity index (χ4n) is 2.33. The van der Waals surface area contributed by atoms with E-state index in [4.69, 9.17) is 5.11 Å². The molecule has 0 heterocycles. The van der Waals surface area contributed by atoms with Crippen LogP contribution in [0.3, 0.4) is 0 Å². The van der Waals surface area contributed by atoms with Crippen molar-refractivity contribution in [2.45, 2.75) is 56.7 Å². The summed E-state index contributed by atoms with van der Waals surface area (Å²) in [6.45, 7) is 5.68. The second-order valence-corrected chi connectivity index (χ2v) is 9.47. The van der Waals surface area contributed by atoms with Crippen LogP contribution in [0.25, 0.3) is 0 Å². The van der Waals surface area contributed by atoms with Gasteiger partial charge in [-0.1, -0.05) is 0 Å². The molecule has 4 N–H and O–H groups in total. The van der Waals surface area contributed by atoms with Crippen molar-refractivity contribution in [3.63, 3.8) is 0 Å². The molecule has 0 bridgehead atoms. The molecule has 0 spiro atoms. The minimum atomic E-state index is -5.13. The number of aliphatic hydroxyl groups excluding tert-OH is 2. The van der Waals surface area contributed by atoms with Crippen LogP contribution < -0.4 is 10.0 Å². The van der Waals surface area contributed by atoms with Crippen molar-refractivity contribution in [2.75, 3.05) is 11.9 Å². The van der Waals surface area contributed by atoms with Crippen molar-refractivity contribution < 1.29 is 37.1 Å². The molecule has 1 amide bonds. The van der Waals surface area contributed by atoms with E-state index in [1.807, 2.05) is 0 Å². The molecule has 0 fully saturated rings. The number of hydrogen-bond acceptors (Lipinski definition) is 5. The summed E-state index contributed by atoms with van der Waals surface area (Å²) in [6, 6.07) is 2.77. The first-order chi connectivity index (χ1) is 12.6. The molecule has 0 saturated heterocycles. The highest BCUT2D eigenvalue weighted by atomic mass is 32.2. The zero-order valence-corrected chi connectivity index (χ0v) is 16.7. The van der Waals surface area contributed by atoms with Gasteiger partial charge in [0.25, 0.3) is 0 Å². The van der Waals surface area contributed by atoms with Gasteiger partial charge in [0, 0.05) is 29.0 Å². The third-order valence-electron chi connectivity index (χ3n) is 3.80. The van der Waals surface area contributed by atoms with E-state index in [-0.39, 0.29) is 17.7 Å². The molecule has 0 aliphatic rings. The molecule has 3 atom stereocenters. The second-order valence-electron chi connectivity index (χ2n) is 7.50. The van der Waals surface area contributed by atoms with Gasteiger partial charge in [-0.2, -0.15) is 13.2 Å². The Kier molecular flexibility index (Phi) is 7.88. The van der Waals surface area contributed by atoms with Gasteiger partial charge >= 0.3 is 12.1 Å². The summed E-state index contributed by atoms with van der Waals surface area (Å²) in [5.41, 5.74) is -2.08. The summed E-state index contributed by atoms with van der Waals surface area (Å²) >= 11 is -1.74. The number of aliphatic hydroxyl groups is 2. The summed E-state index contributed by atoms with van der Waals surface area (Å²) in [6.07, 6.45) is -6.74. The van der Waals surface area contributed by atoms with E-state index in [1.54, 1.807) is 26.1 Å². The maximum atomic E-state index is 14.5. The SMILES string of the molecule is CC(C)(C)[S@@+]([O-])N[C@@](C)(CC(O)CO)c1cc(NC(=O)C(F)(F)F)ccc1F. The van der Waals surface area contributed by atoms with Crippen LogP contribution in [0.4, 0.5) is 23.2 Å². The van der Waals surface area contributed by atoms with Crippen molar-refractivity contribution >= 4 is 23.0 Å².